The number of carbonyl (C=O) groups is 2. The minimum atomic E-state index is -1.47. The van der Waals surface area contributed by atoms with Crippen LogP contribution in [-0.2, 0) is 9.53 Å². The van der Waals surface area contributed by atoms with Crippen molar-refractivity contribution in [2.75, 3.05) is 6.61 Å². The lowest BCUT2D eigenvalue weighted by Gasteiger charge is -2.40. The summed E-state index contributed by atoms with van der Waals surface area (Å²) in [6.45, 7) is -0.258. The van der Waals surface area contributed by atoms with Crippen molar-refractivity contribution < 1.29 is 24.5 Å². The van der Waals surface area contributed by atoms with Gasteiger partial charge in [0.1, 0.15) is 10.4 Å². The highest BCUT2D eigenvalue weighted by Crippen LogP contribution is 2.51. The van der Waals surface area contributed by atoms with Crippen LogP contribution in [0.15, 0.2) is 30.4 Å². The van der Waals surface area contributed by atoms with Crippen LogP contribution in [-0.4, -0.2) is 43.7 Å². The summed E-state index contributed by atoms with van der Waals surface area (Å²) >= 11 is 1.30. The van der Waals surface area contributed by atoms with E-state index in [2.05, 4.69) is 0 Å². The molecule has 0 unspecified atom stereocenters. The Labute approximate surface area is 112 Å². The molecule has 2 N–H and O–H groups in total. The van der Waals surface area contributed by atoms with Crippen LogP contribution < -0.4 is 0 Å². The van der Waals surface area contributed by atoms with E-state index in [1.165, 1.54) is 16.7 Å². The molecule has 1 amide bonds. The van der Waals surface area contributed by atoms with Gasteiger partial charge in [-0.3, -0.25) is 9.69 Å². The monoisotopic (exact) mass is 282 g/mol. The third-order valence-electron chi connectivity index (χ3n) is 3.01. The molecule has 7 nitrogen and oxygen atoms in total. The molecular formula is C11H10N2O5S. The maximum absolute atomic E-state index is 11.8. The first-order chi connectivity index (χ1) is 9.13. The molecule has 3 heterocycles. The van der Waals surface area contributed by atoms with Gasteiger partial charge in [0, 0.05) is 12.4 Å². The Morgan fingerprint density at radius 2 is 2.11 bits per heavy atom. The van der Waals surface area contributed by atoms with Crippen molar-refractivity contribution in [1.82, 2.24) is 9.47 Å². The Morgan fingerprint density at radius 1 is 1.42 bits per heavy atom. The number of carboxylic acid groups (broad SMARTS) is 1. The molecule has 1 aromatic heterocycles. The van der Waals surface area contributed by atoms with Crippen LogP contribution in [0.3, 0.4) is 0 Å². The Bertz CT molecular complexity index is 568. The molecule has 0 aliphatic carbocycles. The normalized spacial score (nSPS) is 25.3. The van der Waals surface area contributed by atoms with Crippen molar-refractivity contribution in [3.05, 3.63) is 30.4 Å². The molecule has 8 heteroatoms. The molecule has 2 aliphatic heterocycles. The van der Waals surface area contributed by atoms with E-state index in [4.69, 9.17) is 14.9 Å². The van der Waals surface area contributed by atoms with E-state index < -0.39 is 12.1 Å². The highest BCUT2D eigenvalue weighted by atomic mass is 32.2. The van der Waals surface area contributed by atoms with Crippen LogP contribution in [0.1, 0.15) is 0 Å². The number of nitrogens with zero attached hydrogens (tertiary/aromatic N) is 2. The summed E-state index contributed by atoms with van der Waals surface area (Å²) in [5, 5.41) is 18.1. The molecule has 2 atom stereocenters. The average molecular weight is 282 g/mol. The predicted octanol–water partition coefficient (Wildman–Crippen LogP) is 0.790. The summed E-state index contributed by atoms with van der Waals surface area (Å²) in [5.41, 5.74) is 0. The number of fused-ring (bicyclic) bond motifs is 1. The van der Waals surface area contributed by atoms with E-state index in [0.717, 1.165) is 0 Å². The Hall–Kier alpha value is -1.93. The number of aromatic nitrogens is 1. The number of carbonyl (C=O) groups excluding carboxylic acids is 1. The number of aliphatic hydroxyl groups excluding tert-OH is 1. The molecule has 3 rings (SSSR count). The van der Waals surface area contributed by atoms with E-state index in [0.29, 0.717) is 5.03 Å². The van der Waals surface area contributed by atoms with E-state index in [-0.39, 0.29) is 23.8 Å². The van der Waals surface area contributed by atoms with Gasteiger partial charge in [-0.05, 0) is 12.1 Å². The van der Waals surface area contributed by atoms with Crippen LogP contribution >= 0.6 is 11.8 Å². The van der Waals surface area contributed by atoms with Gasteiger partial charge in [0.15, 0.2) is 0 Å². The average Bonchev–Trinajstić information content (AvgIpc) is 2.94. The van der Waals surface area contributed by atoms with Crippen molar-refractivity contribution in [3.63, 3.8) is 0 Å². The van der Waals surface area contributed by atoms with Gasteiger partial charge in [-0.2, -0.15) is 0 Å². The summed E-state index contributed by atoms with van der Waals surface area (Å²) in [6.07, 6.45) is 2.00. The highest BCUT2D eigenvalue weighted by molar-refractivity contribution is 8.08. The van der Waals surface area contributed by atoms with Gasteiger partial charge in [0.2, 0.25) is 11.8 Å². The molecule has 100 valence electrons. The number of thioether (sulfide) groups is 1. The lowest BCUT2D eigenvalue weighted by atomic mass is 10.00. The van der Waals surface area contributed by atoms with E-state index in [1.807, 2.05) is 0 Å². The van der Waals surface area contributed by atoms with Crippen molar-refractivity contribution in [2.24, 2.45) is 5.92 Å². The Balaban J connectivity index is 1.98. The number of rotatable bonds is 3. The quantitative estimate of drug-likeness (QED) is 0.629. The summed E-state index contributed by atoms with van der Waals surface area (Å²) in [6, 6.07) is 3.57. The van der Waals surface area contributed by atoms with Gasteiger partial charge in [0.05, 0.1) is 12.5 Å². The van der Waals surface area contributed by atoms with Gasteiger partial charge in [-0.15, -0.1) is 0 Å². The first kappa shape index (κ1) is 12.1. The zero-order chi connectivity index (χ0) is 13.6. The maximum Gasteiger partial charge on any atom is 0.512 e. The van der Waals surface area contributed by atoms with Gasteiger partial charge >= 0.3 is 6.16 Å². The minimum absolute atomic E-state index is 0.00778. The van der Waals surface area contributed by atoms with E-state index in [9.17, 15) is 9.59 Å². The van der Waals surface area contributed by atoms with Crippen LogP contribution in [0.5, 0.6) is 0 Å². The number of ether oxygens (including phenoxy) is 1. The van der Waals surface area contributed by atoms with E-state index >= 15 is 0 Å². The summed E-state index contributed by atoms with van der Waals surface area (Å²) in [5.74, 6) is -0.822. The zero-order valence-electron chi connectivity index (χ0n) is 9.59. The van der Waals surface area contributed by atoms with Crippen molar-refractivity contribution in [2.45, 2.75) is 5.37 Å². The van der Waals surface area contributed by atoms with Crippen LogP contribution in [0.2, 0.25) is 0 Å². The van der Waals surface area contributed by atoms with Crippen LogP contribution in [0.25, 0.3) is 5.03 Å². The van der Waals surface area contributed by atoms with Gasteiger partial charge in [0.25, 0.3) is 0 Å². The molecule has 0 bridgehead atoms. The number of aliphatic hydroxyl groups is 1. The topological polar surface area (TPSA) is 92.0 Å². The maximum atomic E-state index is 11.8. The minimum Gasteiger partial charge on any atom is -0.449 e. The molecule has 1 saturated heterocycles. The highest BCUT2D eigenvalue weighted by Gasteiger charge is 2.56. The third kappa shape index (κ3) is 1.71. The van der Waals surface area contributed by atoms with Crippen LogP contribution in [0, 0.1) is 5.92 Å². The lowest BCUT2D eigenvalue weighted by molar-refractivity contribution is -0.151. The molecule has 1 fully saturated rings. The Morgan fingerprint density at radius 3 is 2.68 bits per heavy atom. The predicted molar refractivity (Wildman–Crippen MR) is 65.6 cm³/mol. The number of hydrogen-bond donors (Lipinski definition) is 2. The fourth-order valence-corrected chi connectivity index (χ4v) is 3.51. The number of β-lactam (4-membered cyclic amide) rings is 1. The second-order valence-electron chi connectivity index (χ2n) is 4.07. The molecule has 0 saturated carbocycles. The molecule has 0 spiro atoms. The smallest absolute Gasteiger partial charge is 0.449 e. The van der Waals surface area contributed by atoms with Crippen LogP contribution in [0.4, 0.5) is 4.79 Å². The van der Waals surface area contributed by atoms with Gasteiger partial charge in [-0.1, -0.05) is 11.8 Å². The molecule has 0 radical (unpaired) electrons. The van der Waals surface area contributed by atoms with Crippen molar-refractivity contribution in [1.29, 1.82) is 0 Å². The first-order valence-corrected chi connectivity index (χ1v) is 6.40. The zero-order valence-corrected chi connectivity index (χ0v) is 10.4. The fraction of sp³-hybridized carbons (Fsp3) is 0.273. The number of amides is 1. The molecule has 19 heavy (non-hydrogen) atoms. The molecule has 1 aromatic rings. The van der Waals surface area contributed by atoms with E-state index in [1.54, 1.807) is 29.1 Å². The fourth-order valence-electron chi connectivity index (χ4n) is 2.13. The first-order valence-electron chi connectivity index (χ1n) is 5.52. The molecular weight excluding hydrogens is 272 g/mol. The summed E-state index contributed by atoms with van der Waals surface area (Å²) < 4.78 is 6.41. The largest absolute Gasteiger partial charge is 0.512 e. The van der Waals surface area contributed by atoms with Crippen molar-refractivity contribution >= 4 is 28.9 Å². The summed E-state index contributed by atoms with van der Waals surface area (Å²) in [4.78, 5) is 23.8. The Kier molecular flexibility index (Phi) is 2.76. The molecule has 0 aromatic carbocycles. The van der Waals surface area contributed by atoms with Gasteiger partial charge < -0.3 is 19.5 Å². The standard InChI is InChI=1S/C11H10N2O5S/c14-5-6-7(15)13-8(18-11(16)17)10(19-9(6)13)12-3-1-2-4-12/h1-4,6,9,14H,5H2,(H,16,17)/t6-,9+/m0/s1. The molecule has 2 aliphatic rings. The SMILES string of the molecule is O=C(O)OC1=C(n2cccc2)S[C@@H]2[C@@H](CO)C(=O)N12. The number of hydrogen-bond acceptors (Lipinski definition) is 5. The summed E-state index contributed by atoms with van der Waals surface area (Å²) in [7, 11) is 0. The van der Waals surface area contributed by atoms with Crippen molar-refractivity contribution in [3.8, 4) is 0 Å². The third-order valence-corrected chi connectivity index (χ3v) is 4.40. The second kappa shape index (κ2) is 4.32. The second-order valence-corrected chi connectivity index (χ2v) is 5.18. The lowest BCUT2D eigenvalue weighted by Crippen LogP contribution is -2.58. The van der Waals surface area contributed by atoms with Gasteiger partial charge in [-0.25, -0.2) is 4.79 Å².